The molecule has 4 rings (SSSR count). The van der Waals surface area contributed by atoms with E-state index in [0.717, 1.165) is 22.0 Å². The SMILES string of the molecule is O=C(c1[nH]c2ccc(Cl)cc2c1-c1ccccc1)N1CC(O)C1. The number of hydrogen-bond acceptors (Lipinski definition) is 2. The van der Waals surface area contributed by atoms with E-state index in [-0.39, 0.29) is 5.91 Å². The van der Waals surface area contributed by atoms with E-state index in [9.17, 15) is 9.90 Å². The maximum Gasteiger partial charge on any atom is 0.271 e. The summed E-state index contributed by atoms with van der Waals surface area (Å²) in [5.41, 5.74) is 3.23. The fraction of sp³-hybridized carbons (Fsp3) is 0.167. The van der Waals surface area contributed by atoms with Crippen LogP contribution in [0.4, 0.5) is 0 Å². The number of nitrogens with zero attached hydrogens (tertiary/aromatic N) is 1. The summed E-state index contributed by atoms with van der Waals surface area (Å²) in [6.45, 7) is 0.756. The zero-order chi connectivity index (χ0) is 16.0. The number of aromatic amines is 1. The first-order chi connectivity index (χ1) is 11.1. The Bertz CT molecular complexity index is 883. The molecule has 3 aromatic rings. The molecule has 1 saturated heterocycles. The van der Waals surface area contributed by atoms with Crippen LogP contribution in [0, 0.1) is 0 Å². The predicted octanol–water partition coefficient (Wildman–Crippen LogP) is 3.31. The summed E-state index contributed by atoms with van der Waals surface area (Å²) in [4.78, 5) is 17.6. The average molecular weight is 327 g/mol. The first-order valence-corrected chi connectivity index (χ1v) is 7.85. The maximum absolute atomic E-state index is 12.8. The maximum atomic E-state index is 12.8. The molecular weight excluding hydrogens is 312 g/mol. The van der Waals surface area contributed by atoms with Gasteiger partial charge in [0.15, 0.2) is 0 Å². The highest BCUT2D eigenvalue weighted by atomic mass is 35.5. The van der Waals surface area contributed by atoms with Crippen molar-refractivity contribution in [1.29, 1.82) is 0 Å². The van der Waals surface area contributed by atoms with E-state index in [1.165, 1.54) is 0 Å². The van der Waals surface area contributed by atoms with E-state index in [1.807, 2.05) is 42.5 Å². The molecule has 0 spiro atoms. The number of carbonyl (C=O) groups excluding carboxylic acids is 1. The molecule has 1 aliphatic rings. The van der Waals surface area contributed by atoms with Crippen molar-refractivity contribution in [1.82, 2.24) is 9.88 Å². The summed E-state index contributed by atoms with van der Waals surface area (Å²) >= 11 is 6.14. The van der Waals surface area contributed by atoms with E-state index in [1.54, 1.807) is 11.0 Å². The van der Waals surface area contributed by atoms with Crippen LogP contribution in [0.25, 0.3) is 22.0 Å². The molecule has 2 N–H and O–H groups in total. The molecule has 4 nitrogen and oxygen atoms in total. The van der Waals surface area contributed by atoms with Gasteiger partial charge in [0.2, 0.25) is 0 Å². The largest absolute Gasteiger partial charge is 0.389 e. The van der Waals surface area contributed by atoms with E-state index >= 15 is 0 Å². The number of carbonyl (C=O) groups is 1. The van der Waals surface area contributed by atoms with Crippen molar-refractivity contribution >= 4 is 28.4 Å². The molecule has 1 fully saturated rings. The number of aliphatic hydroxyl groups is 1. The highest BCUT2D eigenvalue weighted by molar-refractivity contribution is 6.31. The first kappa shape index (κ1) is 14.3. The van der Waals surface area contributed by atoms with Gasteiger partial charge in [-0.05, 0) is 23.8 Å². The van der Waals surface area contributed by atoms with Gasteiger partial charge in [-0.1, -0.05) is 41.9 Å². The molecule has 0 unspecified atom stereocenters. The number of H-pyrrole nitrogens is 1. The fourth-order valence-electron chi connectivity index (χ4n) is 3.01. The van der Waals surface area contributed by atoms with Gasteiger partial charge in [-0.2, -0.15) is 0 Å². The molecule has 116 valence electrons. The number of aromatic nitrogens is 1. The van der Waals surface area contributed by atoms with Crippen LogP contribution >= 0.6 is 11.6 Å². The summed E-state index contributed by atoms with van der Waals surface area (Å²) in [5, 5.41) is 11.0. The summed E-state index contributed by atoms with van der Waals surface area (Å²) in [6, 6.07) is 15.3. The minimum atomic E-state index is -0.419. The van der Waals surface area contributed by atoms with Crippen molar-refractivity contribution in [3.63, 3.8) is 0 Å². The molecule has 23 heavy (non-hydrogen) atoms. The number of aliphatic hydroxyl groups excluding tert-OH is 1. The Morgan fingerprint density at radius 1 is 1.17 bits per heavy atom. The van der Waals surface area contributed by atoms with Crippen LogP contribution in [0.3, 0.4) is 0 Å². The number of rotatable bonds is 2. The van der Waals surface area contributed by atoms with Crippen LogP contribution < -0.4 is 0 Å². The van der Waals surface area contributed by atoms with Crippen molar-refractivity contribution in [2.45, 2.75) is 6.10 Å². The Balaban J connectivity index is 1.91. The van der Waals surface area contributed by atoms with Gasteiger partial charge < -0.3 is 15.0 Å². The minimum Gasteiger partial charge on any atom is -0.389 e. The molecule has 0 bridgehead atoms. The van der Waals surface area contributed by atoms with Crippen LogP contribution in [-0.4, -0.2) is 40.1 Å². The molecule has 2 heterocycles. The van der Waals surface area contributed by atoms with Gasteiger partial charge in [-0.15, -0.1) is 0 Å². The number of halogens is 1. The van der Waals surface area contributed by atoms with Crippen LogP contribution in [0.2, 0.25) is 5.02 Å². The number of hydrogen-bond donors (Lipinski definition) is 2. The molecule has 0 saturated carbocycles. The monoisotopic (exact) mass is 326 g/mol. The lowest BCUT2D eigenvalue weighted by atomic mass is 10.0. The Morgan fingerprint density at radius 3 is 2.61 bits per heavy atom. The summed E-state index contributed by atoms with van der Waals surface area (Å²) in [7, 11) is 0. The second-order valence-corrected chi connectivity index (χ2v) is 6.23. The Hall–Kier alpha value is -2.30. The summed E-state index contributed by atoms with van der Waals surface area (Å²) < 4.78 is 0. The quantitative estimate of drug-likeness (QED) is 0.759. The van der Waals surface area contributed by atoms with Gasteiger partial charge in [0.05, 0.1) is 6.10 Å². The van der Waals surface area contributed by atoms with Crippen molar-refractivity contribution < 1.29 is 9.90 Å². The Labute approximate surface area is 138 Å². The third-order valence-electron chi connectivity index (χ3n) is 4.19. The fourth-order valence-corrected chi connectivity index (χ4v) is 3.18. The molecule has 0 radical (unpaired) electrons. The Kier molecular flexibility index (Phi) is 3.36. The third-order valence-corrected chi connectivity index (χ3v) is 4.42. The van der Waals surface area contributed by atoms with Crippen molar-refractivity contribution in [2.24, 2.45) is 0 Å². The summed E-state index contributed by atoms with van der Waals surface area (Å²) in [6.07, 6.45) is -0.419. The van der Waals surface area contributed by atoms with Crippen LogP contribution in [0.1, 0.15) is 10.5 Å². The lowest BCUT2D eigenvalue weighted by molar-refractivity contribution is 0.00562. The zero-order valence-corrected chi connectivity index (χ0v) is 13.0. The number of benzene rings is 2. The number of β-amino-alcohol motifs (C(OH)–C–C–N with tert-alkyl or cyclic N) is 1. The summed E-state index contributed by atoms with van der Waals surface area (Å²) in [5.74, 6) is -0.0959. The molecular formula is C18H15ClN2O2. The van der Waals surface area contributed by atoms with Gasteiger partial charge in [-0.3, -0.25) is 4.79 Å². The van der Waals surface area contributed by atoms with Crippen molar-refractivity contribution in [2.75, 3.05) is 13.1 Å². The highest BCUT2D eigenvalue weighted by Crippen LogP contribution is 2.35. The van der Waals surface area contributed by atoms with Gasteiger partial charge in [0, 0.05) is 34.6 Å². The van der Waals surface area contributed by atoms with Crippen LogP contribution in [-0.2, 0) is 0 Å². The second-order valence-electron chi connectivity index (χ2n) is 5.79. The van der Waals surface area contributed by atoms with E-state index in [4.69, 9.17) is 11.6 Å². The lowest BCUT2D eigenvalue weighted by Gasteiger charge is -2.35. The molecule has 5 heteroatoms. The molecule has 1 amide bonds. The van der Waals surface area contributed by atoms with E-state index in [0.29, 0.717) is 23.8 Å². The topological polar surface area (TPSA) is 56.3 Å². The molecule has 0 atom stereocenters. The molecule has 2 aromatic carbocycles. The highest BCUT2D eigenvalue weighted by Gasteiger charge is 2.32. The Morgan fingerprint density at radius 2 is 1.91 bits per heavy atom. The molecule has 1 aromatic heterocycles. The smallest absolute Gasteiger partial charge is 0.271 e. The standard InChI is InChI=1S/C18H15ClN2O2/c19-12-6-7-15-14(8-12)16(11-4-2-1-3-5-11)17(20-15)18(23)21-9-13(22)10-21/h1-8,13,20,22H,9-10H2. The van der Waals surface area contributed by atoms with Gasteiger partial charge >= 0.3 is 0 Å². The minimum absolute atomic E-state index is 0.0959. The number of nitrogens with one attached hydrogen (secondary N) is 1. The van der Waals surface area contributed by atoms with Crippen molar-refractivity contribution in [3.05, 3.63) is 59.2 Å². The van der Waals surface area contributed by atoms with Crippen molar-refractivity contribution in [3.8, 4) is 11.1 Å². The predicted molar refractivity (Wildman–Crippen MR) is 90.7 cm³/mol. The normalized spacial score (nSPS) is 15.0. The van der Waals surface area contributed by atoms with Gasteiger partial charge in [0.1, 0.15) is 5.69 Å². The number of fused-ring (bicyclic) bond motifs is 1. The first-order valence-electron chi connectivity index (χ1n) is 7.47. The molecule has 1 aliphatic heterocycles. The second kappa shape index (κ2) is 5.41. The average Bonchev–Trinajstić information content (AvgIpc) is 2.90. The van der Waals surface area contributed by atoms with E-state index in [2.05, 4.69) is 4.98 Å². The van der Waals surface area contributed by atoms with Crippen LogP contribution in [0.15, 0.2) is 48.5 Å². The third kappa shape index (κ3) is 2.40. The van der Waals surface area contributed by atoms with Gasteiger partial charge in [0.25, 0.3) is 5.91 Å². The van der Waals surface area contributed by atoms with E-state index < -0.39 is 6.10 Å². The lowest BCUT2D eigenvalue weighted by Crippen LogP contribution is -2.53. The number of amides is 1. The molecule has 0 aliphatic carbocycles. The number of likely N-dealkylation sites (tertiary alicyclic amines) is 1. The van der Waals surface area contributed by atoms with Crippen LogP contribution in [0.5, 0.6) is 0 Å². The van der Waals surface area contributed by atoms with Gasteiger partial charge in [-0.25, -0.2) is 0 Å². The zero-order valence-electron chi connectivity index (χ0n) is 12.3.